The van der Waals surface area contributed by atoms with Crippen molar-refractivity contribution in [1.29, 1.82) is 0 Å². The maximum atomic E-state index is 12.7. The number of hydrogen-bond donors (Lipinski definition) is 1. The first-order valence-electron chi connectivity index (χ1n) is 10.5. The van der Waals surface area contributed by atoms with Crippen molar-refractivity contribution in [2.45, 2.75) is 38.8 Å². The van der Waals surface area contributed by atoms with Crippen LogP contribution in [0.25, 0.3) is 0 Å². The Hall–Kier alpha value is -3.10. The predicted molar refractivity (Wildman–Crippen MR) is 114 cm³/mol. The van der Waals surface area contributed by atoms with Crippen molar-refractivity contribution in [3.63, 3.8) is 0 Å². The van der Waals surface area contributed by atoms with E-state index in [9.17, 15) is 22.8 Å². The number of piperidine rings is 1. The van der Waals surface area contributed by atoms with E-state index < -0.39 is 23.6 Å². The van der Waals surface area contributed by atoms with Gasteiger partial charge in [-0.25, -0.2) is 4.98 Å². The van der Waals surface area contributed by atoms with Crippen molar-refractivity contribution in [3.8, 4) is 0 Å². The molecule has 2 heterocycles. The van der Waals surface area contributed by atoms with Gasteiger partial charge < -0.3 is 15.0 Å². The molecule has 1 fully saturated rings. The smallest absolute Gasteiger partial charge is 0.417 e. The van der Waals surface area contributed by atoms with Gasteiger partial charge in [0.25, 0.3) is 5.91 Å². The third-order valence-electron chi connectivity index (χ3n) is 5.43. The molecule has 0 spiro atoms. The molecule has 6 nitrogen and oxygen atoms in total. The van der Waals surface area contributed by atoms with Crippen LogP contribution in [0, 0.1) is 5.92 Å². The summed E-state index contributed by atoms with van der Waals surface area (Å²) in [5.74, 6) is -0.544. The van der Waals surface area contributed by atoms with Crippen molar-refractivity contribution < 1.29 is 27.5 Å². The Morgan fingerprint density at radius 2 is 1.84 bits per heavy atom. The molecular weight excluding hydrogens is 423 g/mol. The van der Waals surface area contributed by atoms with Gasteiger partial charge in [-0.3, -0.25) is 9.59 Å². The summed E-state index contributed by atoms with van der Waals surface area (Å²) in [6.07, 6.45) is -2.67. The molecule has 1 aliphatic heterocycles. The van der Waals surface area contributed by atoms with Gasteiger partial charge in [0, 0.05) is 25.0 Å². The van der Waals surface area contributed by atoms with Gasteiger partial charge in [-0.05, 0) is 42.5 Å². The van der Waals surface area contributed by atoms with Crippen LogP contribution in [0.2, 0.25) is 0 Å². The molecule has 0 aliphatic carbocycles. The quantitative estimate of drug-likeness (QED) is 0.652. The zero-order valence-electron chi connectivity index (χ0n) is 18.0. The van der Waals surface area contributed by atoms with Gasteiger partial charge >= 0.3 is 12.1 Å². The number of amides is 1. The standard InChI is InChI=1S/C23H26F3N3O3/c1-15(2)18-5-3-4-6-19(18)28-21(30)14-32-22(31)16-9-11-29(12-10-16)20-8-7-17(13-27-20)23(24,25)26/h3-8,13,15-16H,9-12,14H2,1-2H3,(H,28,30). The highest BCUT2D eigenvalue weighted by atomic mass is 19.4. The Morgan fingerprint density at radius 3 is 2.44 bits per heavy atom. The number of nitrogens with one attached hydrogen (secondary N) is 1. The summed E-state index contributed by atoms with van der Waals surface area (Å²) in [5, 5.41) is 2.78. The summed E-state index contributed by atoms with van der Waals surface area (Å²) < 4.78 is 43.2. The molecule has 1 amide bonds. The number of nitrogens with zero attached hydrogens (tertiary/aromatic N) is 2. The number of rotatable bonds is 6. The molecular formula is C23H26F3N3O3. The van der Waals surface area contributed by atoms with E-state index >= 15 is 0 Å². The third-order valence-corrected chi connectivity index (χ3v) is 5.43. The van der Waals surface area contributed by atoms with Crippen molar-refractivity contribution in [2.75, 3.05) is 29.9 Å². The molecule has 1 aromatic heterocycles. The number of pyridine rings is 1. The average Bonchev–Trinajstić information content (AvgIpc) is 2.77. The molecule has 0 atom stereocenters. The first-order valence-corrected chi connectivity index (χ1v) is 10.5. The molecule has 1 saturated heterocycles. The van der Waals surface area contributed by atoms with Crippen LogP contribution >= 0.6 is 0 Å². The minimum absolute atomic E-state index is 0.235. The van der Waals surface area contributed by atoms with Gasteiger partial charge in [-0.15, -0.1) is 0 Å². The number of aromatic nitrogens is 1. The lowest BCUT2D eigenvalue weighted by atomic mass is 9.97. The van der Waals surface area contributed by atoms with Gasteiger partial charge in [-0.1, -0.05) is 32.0 Å². The SMILES string of the molecule is CC(C)c1ccccc1NC(=O)COC(=O)C1CCN(c2ccc(C(F)(F)F)cn2)CC1. The molecule has 3 rings (SSSR count). The summed E-state index contributed by atoms with van der Waals surface area (Å²) >= 11 is 0. The van der Waals surface area contributed by atoms with E-state index in [1.807, 2.05) is 36.9 Å². The maximum absolute atomic E-state index is 12.7. The lowest BCUT2D eigenvalue weighted by molar-refractivity contribution is -0.152. The Kier molecular flexibility index (Phi) is 7.37. The normalized spacial score (nSPS) is 15.0. The van der Waals surface area contributed by atoms with Crippen LogP contribution in [-0.2, 0) is 20.5 Å². The van der Waals surface area contributed by atoms with E-state index in [1.54, 1.807) is 6.07 Å². The van der Waals surface area contributed by atoms with Crippen LogP contribution in [0.1, 0.15) is 43.7 Å². The summed E-state index contributed by atoms with van der Waals surface area (Å²) in [7, 11) is 0. The maximum Gasteiger partial charge on any atom is 0.417 e. The molecule has 1 N–H and O–H groups in total. The lowest BCUT2D eigenvalue weighted by Crippen LogP contribution is -2.38. The Labute approximate surface area is 184 Å². The summed E-state index contributed by atoms with van der Waals surface area (Å²) in [5.41, 5.74) is 0.895. The van der Waals surface area contributed by atoms with Crippen molar-refractivity contribution in [1.82, 2.24) is 4.98 Å². The van der Waals surface area contributed by atoms with E-state index in [2.05, 4.69) is 10.3 Å². The Balaban J connectivity index is 1.46. The number of alkyl halides is 3. The number of hydrogen-bond acceptors (Lipinski definition) is 5. The first-order chi connectivity index (χ1) is 15.1. The van der Waals surface area contributed by atoms with Crippen LogP contribution in [0.4, 0.5) is 24.7 Å². The minimum Gasteiger partial charge on any atom is -0.455 e. The van der Waals surface area contributed by atoms with Gasteiger partial charge in [0.15, 0.2) is 6.61 Å². The lowest BCUT2D eigenvalue weighted by Gasteiger charge is -2.31. The van der Waals surface area contributed by atoms with Crippen molar-refractivity contribution in [2.24, 2.45) is 5.92 Å². The second kappa shape index (κ2) is 10.0. The van der Waals surface area contributed by atoms with Crippen LogP contribution in [0.5, 0.6) is 0 Å². The monoisotopic (exact) mass is 449 g/mol. The van der Waals surface area contributed by atoms with Gasteiger partial charge in [0.05, 0.1) is 11.5 Å². The number of carbonyl (C=O) groups is 2. The minimum atomic E-state index is -4.43. The highest BCUT2D eigenvalue weighted by Gasteiger charge is 2.31. The van der Waals surface area contributed by atoms with E-state index in [-0.39, 0.29) is 18.4 Å². The highest BCUT2D eigenvalue weighted by molar-refractivity contribution is 5.93. The van der Waals surface area contributed by atoms with Gasteiger partial charge in [0.1, 0.15) is 5.82 Å². The molecule has 1 aromatic carbocycles. The molecule has 0 bridgehead atoms. The van der Waals surface area contributed by atoms with E-state index in [0.29, 0.717) is 37.4 Å². The molecule has 172 valence electrons. The summed E-state index contributed by atoms with van der Waals surface area (Å²) in [6, 6.07) is 9.80. The van der Waals surface area contributed by atoms with Crippen LogP contribution in [0.3, 0.4) is 0 Å². The number of benzene rings is 1. The second-order valence-electron chi connectivity index (χ2n) is 8.06. The largest absolute Gasteiger partial charge is 0.455 e. The number of anilines is 2. The molecule has 32 heavy (non-hydrogen) atoms. The van der Waals surface area contributed by atoms with E-state index in [4.69, 9.17) is 4.74 Å². The van der Waals surface area contributed by atoms with E-state index in [0.717, 1.165) is 17.8 Å². The summed E-state index contributed by atoms with van der Waals surface area (Å²) in [6.45, 7) is 4.61. The second-order valence-corrected chi connectivity index (χ2v) is 8.06. The fourth-order valence-corrected chi connectivity index (χ4v) is 3.64. The van der Waals surface area contributed by atoms with Crippen LogP contribution in [-0.4, -0.2) is 36.6 Å². The molecule has 0 unspecified atom stereocenters. The van der Waals surface area contributed by atoms with Crippen LogP contribution in [0.15, 0.2) is 42.6 Å². The number of esters is 1. The van der Waals surface area contributed by atoms with Crippen molar-refractivity contribution >= 4 is 23.4 Å². The fourth-order valence-electron chi connectivity index (χ4n) is 3.64. The third kappa shape index (κ3) is 5.99. The number of ether oxygens (including phenoxy) is 1. The van der Waals surface area contributed by atoms with E-state index in [1.165, 1.54) is 6.07 Å². The zero-order chi connectivity index (χ0) is 23.3. The number of carbonyl (C=O) groups excluding carboxylic acids is 2. The highest BCUT2D eigenvalue weighted by Crippen LogP contribution is 2.30. The molecule has 2 aromatic rings. The van der Waals surface area contributed by atoms with Gasteiger partial charge in [-0.2, -0.15) is 13.2 Å². The topological polar surface area (TPSA) is 71.5 Å². The van der Waals surface area contributed by atoms with Crippen LogP contribution < -0.4 is 10.2 Å². The fraction of sp³-hybridized carbons (Fsp3) is 0.435. The van der Waals surface area contributed by atoms with Gasteiger partial charge in [0.2, 0.25) is 0 Å². The molecule has 0 radical (unpaired) electrons. The molecule has 9 heteroatoms. The number of halogens is 3. The zero-order valence-corrected chi connectivity index (χ0v) is 18.0. The first kappa shape index (κ1) is 23.6. The summed E-state index contributed by atoms with van der Waals surface area (Å²) in [4.78, 5) is 30.3. The predicted octanol–water partition coefficient (Wildman–Crippen LogP) is 4.62. The van der Waals surface area contributed by atoms with Crippen molar-refractivity contribution in [3.05, 3.63) is 53.7 Å². The molecule has 0 saturated carbocycles. The Morgan fingerprint density at radius 1 is 1.16 bits per heavy atom. The average molecular weight is 449 g/mol. The number of para-hydroxylation sites is 1. The molecule has 1 aliphatic rings. The Bertz CT molecular complexity index is 937.